The average Bonchev–Trinajstić information content (AvgIpc) is 3.46. The number of likely N-dealkylation sites (tertiary alicyclic amines) is 2. The van der Waals surface area contributed by atoms with E-state index in [1.54, 1.807) is 17.0 Å². The first-order chi connectivity index (χ1) is 17.9. The molecule has 0 saturated carbocycles. The number of fused-ring (bicyclic) bond motifs is 1. The average molecular weight is 524 g/mol. The number of nitrogens with zero attached hydrogens (tertiary/aromatic N) is 2. The number of carbonyl (C=O) groups is 2. The fourth-order valence-corrected chi connectivity index (χ4v) is 5.74. The third-order valence-electron chi connectivity index (χ3n) is 7.39. The molecule has 8 heteroatoms. The van der Waals surface area contributed by atoms with Crippen molar-refractivity contribution in [3.8, 4) is 0 Å². The van der Waals surface area contributed by atoms with Gasteiger partial charge in [-0.3, -0.25) is 9.59 Å². The summed E-state index contributed by atoms with van der Waals surface area (Å²) in [4.78, 5) is 29.8. The van der Waals surface area contributed by atoms with Gasteiger partial charge in [0.15, 0.2) is 0 Å². The molecular weight excluding hydrogens is 496 g/mol. The predicted octanol–water partition coefficient (Wildman–Crippen LogP) is 5.18. The lowest BCUT2D eigenvalue weighted by Gasteiger charge is -2.25. The lowest BCUT2D eigenvalue weighted by atomic mass is 10.0. The molecule has 0 aliphatic carbocycles. The van der Waals surface area contributed by atoms with Crippen LogP contribution in [0.1, 0.15) is 38.7 Å². The minimum Gasteiger partial charge on any atom is -0.345 e. The van der Waals surface area contributed by atoms with Crippen LogP contribution in [0.25, 0.3) is 0 Å². The van der Waals surface area contributed by atoms with E-state index < -0.39 is 17.5 Å². The van der Waals surface area contributed by atoms with Gasteiger partial charge in [-0.1, -0.05) is 60.1 Å². The number of hydrogen-bond acceptors (Lipinski definition) is 3. The Morgan fingerprint density at radius 3 is 2.19 bits per heavy atom. The second-order valence-corrected chi connectivity index (χ2v) is 10.2. The molecule has 2 aliphatic heterocycles. The van der Waals surface area contributed by atoms with Crippen molar-refractivity contribution in [2.24, 2.45) is 11.8 Å². The molecule has 192 valence electrons. The second kappa shape index (κ2) is 11.0. The summed E-state index contributed by atoms with van der Waals surface area (Å²) in [6, 6.07) is 19.7. The molecule has 2 saturated heterocycles. The SMILES string of the molecule is O=C(NC(CCN1CC2CN(C(=O)c3c(F)cccc3Cl)CC2C1)c1ccccc1)c1ccccc1F. The van der Waals surface area contributed by atoms with Crippen LogP contribution in [-0.4, -0.2) is 54.3 Å². The monoisotopic (exact) mass is 523 g/mol. The Bertz CT molecular complexity index is 1250. The number of hydrogen-bond donors (Lipinski definition) is 1. The van der Waals surface area contributed by atoms with Gasteiger partial charge in [0.05, 0.1) is 22.2 Å². The lowest BCUT2D eigenvalue weighted by Crippen LogP contribution is -2.35. The Morgan fingerprint density at radius 1 is 0.865 bits per heavy atom. The molecule has 3 aromatic carbocycles. The molecule has 0 aromatic heterocycles. The van der Waals surface area contributed by atoms with Gasteiger partial charge in [-0.2, -0.15) is 0 Å². The van der Waals surface area contributed by atoms with Crippen molar-refractivity contribution in [2.45, 2.75) is 12.5 Å². The number of rotatable bonds is 7. The highest BCUT2D eigenvalue weighted by Crippen LogP contribution is 2.34. The summed E-state index contributed by atoms with van der Waals surface area (Å²) in [6.45, 7) is 3.52. The fourth-order valence-electron chi connectivity index (χ4n) is 5.50. The van der Waals surface area contributed by atoms with Crippen LogP contribution in [0.3, 0.4) is 0 Å². The first-order valence-corrected chi connectivity index (χ1v) is 12.8. The minimum absolute atomic E-state index is 0.0267. The van der Waals surface area contributed by atoms with Crippen LogP contribution < -0.4 is 5.32 Å². The van der Waals surface area contributed by atoms with Crippen molar-refractivity contribution >= 4 is 23.4 Å². The standard InChI is InChI=1S/C29H28ClF2N3O2/c30-23-10-6-12-25(32)27(23)29(37)35-17-20-15-34(16-21(20)18-35)14-13-26(19-7-2-1-3-8-19)33-28(36)22-9-4-5-11-24(22)31/h1-12,20-21,26H,13-18H2,(H,33,36). The van der Waals surface area contributed by atoms with Gasteiger partial charge in [0.25, 0.3) is 11.8 Å². The number of benzene rings is 3. The van der Waals surface area contributed by atoms with E-state index in [1.165, 1.54) is 30.3 Å². The minimum atomic E-state index is -0.597. The van der Waals surface area contributed by atoms with Crippen LogP contribution in [0.4, 0.5) is 8.78 Å². The summed E-state index contributed by atoms with van der Waals surface area (Å²) in [6.07, 6.45) is 0.664. The lowest BCUT2D eigenvalue weighted by molar-refractivity contribution is 0.0769. The van der Waals surface area contributed by atoms with Gasteiger partial charge in [-0.15, -0.1) is 0 Å². The van der Waals surface area contributed by atoms with Crippen molar-refractivity contribution in [1.82, 2.24) is 15.1 Å². The van der Waals surface area contributed by atoms with E-state index in [9.17, 15) is 18.4 Å². The molecule has 0 spiro atoms. The van der Waals surface area contributed by atoms with Gasteiger partial charge in [0.2, 0.25) is 0 Å². The van der Waals surface area contributed by atoms with E-state index in [0.717, 1.165) is 25.2 Å². The highest BCUT2D eigenvalue weighted by Gasteiger charge is 2.42. The molecule has 2 amide bonds. The normalized spacial score (nSPS) is 20.0. The van der Waals surface area contributed by atoms with E-state index in [-0.39, 0.29) is 28.1 Å². The van der Waals surface area contributed by atoms with E-state index >= 15 is 0 Å². The van der Waals surface area contributed by atoms with Crippen molar-refractivity contribution in [2.75, 3.05) is 32.7 Å². The molecule has 3 unspecified atom stereocenters. The van der Waals surface area contributed by atoms with Crippen LogP contribution in [0.5, 0.6) is 0 Å². The number of nitrogens with one attached hydrogen (secondary N) is 1. The number of carbonyl (C=O) groups excluding carboxylic acids is 2. The van der Waals surface area contributed by atoms with Gasteiger partial charge in [0, 0.05) is 32.7 Å². The summed E-state index contributed by atoms with van der Waals surface area (Å²) in [7, 11) is 0. The maximum atomic E-state index is 14.3. The second-order valence-electron chi connectivity index (χ2n) is 9.79. The van der Waals surface area contributed by atoms with Crippen molar-refractivity contribution < 1.29 is 18.4 Å². The third kappa shape index (κ3) is 5.53. The summed E-state index contributed by atoms with van der Waals surface area (Å²) < 4.78 is 28.4. The zero-order valence-corrected chi connectivity index (χ0v) is 21.0. The Labute approximate surface area is 220 Å². The molecule has 5 rings (SSSR count). The van der Waals surface area contributed by atoms with E-state index in [2.05, 4.69) is 10.2 Å². The first-order valence-electron chi connectivity index (χ1n) is 12.5. The quantitative estimate of drug-likeness (QED) is 0.464. The largest absolute Gasteiger partial charge is 0.345 e. The summed E-state index contributed by atoms with van der Waals surface area (Å²) in [5, 5.41) is 3.14. The topological polar surface area (TPSA) is 52.7 Å². The van der Waals surface area contributed by atoms with Gasteiger partial charge in [0.1, 0.15) is 11.6 Å². The van der Waals surface area contributed by atoms with Gasteiger partial charge in [-0.05, 0) is 48.1 Å². The molecule has 2 aliphatic rings. The predicted molar refractivity (Wildman–Crippen MR) is 138 cm³/mol. The number of amides is 2. The number of halogens is 3. The zero-order valence-electron chi connectivity index (χ0n) is 20.2. The van der Waals surface area contributed by atoms with Crippen LogP contribution >= 0.6 is 11.6 Å². The Balaban J connectivity index is 1.20. The van der Waals surface area contributed by atoms with Gasteiger partial charge < -0.3 is 15.1 Å². The third-order valence-corrected chi connectivity index (χ3v) is 7.70. The zero-order chi connectivity index (χ0) is 25.9. The molecule has 2 fully saturated rings. The molecule has 2 heterocycles. The summed E-state index contributed by atoms with van der Waals surface area (Å²) >= 11 is 6.11. The maximum absolute atomic E-state index is 14.3. The van der Waals surface area contributed by atoms with Crippen LogP contribution in [0, 0.1) is 23.5 Å². The summed E-state index contributed by atoms with van der Waals surface area (Å²) in [5.74, 6) is -1.33. The van der Waals surface area contributed by atoms with Crippen LogP contribution in [0.15, 0.2) is 72.8 Å². The van der Waals surface area contributed by atoms with Crippen LogP contribution in [0.2, 0.25) is 5.02 Å². The van der Waals surface area contributed by atoms with Crippen molar-refractivity contribution in [1.29, 1.82) is 0 Å². The Hall–Kier alpha value is -3.29. The first kappa shape index (κ1) is 25.4. The molecule has 37 heavy (non-hydrogen) atoms. The van der Waals surface area contributed by atoms with E-state index in [1.807, 2.05) is 30.3 Å². The molecule has 1 N–H and O–H groups in total. The molecule has 5 nitrogen and oxygen atoms in total. The summed E-state index contributed by atoms with van der Waals surface area (Å²) in [5.41, 5.74) is 0.932. The van der Waals surface area contributed by atoms with Crippen LogP contribution in [-0.2, 0) is 0 Å². The fraction of sp³-hybridized carbons (Fsp3) is 0.310. The Morgan fingerprint density at radius 2 is 1.51 bits per heavy atom. The van der Waals surface area contributed by atoms with Crippen molar-refractivity contribution in [3.05, 3.63) is 106 Å². The van der Waals surface area contributed by atoms with Gasteiger partial charge in [-0.25, -0.2) is 8.78 Å². The molecular formula is C29H28ClF2N3O2. The van der Waals surface area contributed by atoms with Crippen molar-refractivity contribution in [3.63, 3.8) is 0 Å². The smallest absolute Gasteiger partial charge is 0.258 e. The van der Waals surface area contributed by atoms with E-state index in [0.29, 0.717) is 31.3 Å². The molecule has 3 atom stereocenters. The highest BCUT2D eigenvalue weighted by atomic mass is 35.5. The maximum Gasteiger partial charge on any atom is 0.258 e. The van der Waals surface area contributed by atoms with Gasteiger partial charge >= 0.3 is 0 Å². The molecule has 0 radical (unpaired) electrons. The molecule has 0 bridgehead atoms. The highest BCUT2D eigenvalue weighted by molar-refractivity contribution is 6.33. The molecule has 3 aromatic rings. The Kier molecular flexibility index (Phi) is 7.53. The van der Waals surface area contributed by atoms with E-state index in [4.69, 9.17) is 11.6 Å².